The zero-order chi connectivity index (χ0) is 9.47. The number of fused-ring (bicyclic) bond motifs is 1. The second-order valence-corrected chi connectivity index (χ2v) is 5.01. The van der Waals surface area contributed by atoms with Gasteiger partial charge < -0.3 is 5.11 Å². The van der Waals surface area contributed by atoms with Gasteiger partial charge in [0.15, 0.2) is 0 Å². The van der Waals surface area contributed by atoms with Gasteiger partial charge in [-0.15, -0.1) is 0 Å². The number of hydrogen-bond donors (Lipinski definition) is 1. The fourth-order valence-electron chi connectivity index (χ4n) is 3.17. The molecular weight excluding hydrogens is 160 g/mol. The maximum Gasteiger partial charge on any atom is 0.0653 e. The molecule has 2 fully saturated rings. The summed E-state index contributed by atoms with van der Waals surface area (Å²) in [5.74, 6) is 1.12. The molecule has 1 heteroatoms. The van der Waals surface area contributed by atoms with E-state index in [1.54, 1.807) is 0 Å². The van der Waals surface area contributed by atoms with E-state index in [-0.39, 0.29) is 0 Å². The van der Waals surface area contributed by atoms with Gasteiger partial charge in [-0.25, -0.2) is 0 Å². The summed E-state index contributed by atoms with van der Waals surface area (Å²) in [6, 6.07) is 0. The molecule has 0 aromatic heterocycles. The first kappa shape index (κ1) is 9.26. The van der Waals surface area contributed by atoms with Crippen LogP contribution in [0, 0.1) is 11.8 Å². The summed E-state index contributed by atoms with van der Waals surface area (Å²) in [5.41, 5.74) is 0.998. The molecule has 1 N–H and O–H groups in total. The molecule has 2 aliphatic rings. The largest absolute Gasteiger partial charge is 0.390 e. The predicted octanol–water partition coefficient (Wildman–Crippen LogP) is 2.89. The summed E-state index contributed by atoms with van der Waals surface area (Å²) in [6.07, 6.45) is 7.09. The summed E-state index contributed by atoms with van der Waals surface area (Å²) >= 11 is 0. The van der Waals surface area contributed by atoms with Crippen molar-refractivity contribution >= 4 is 0 Å². The molecule has 0 heterocycles. The van der Waals surface area contributed by atoms with Crippen LogP contribution in [0.1, 0.15) is 45.4 Å². The van der Waals surface area contributed by atoms with Gasteiger partial charge in [0.1, 0.15) is 0 Å². The summed E-state index contributed by atoms with van der Waals surface area (Å²) in [7, 11) is 0. The van der Waals surface area contributed by atoms with Gasteiger partial charge in [-0.2, -0.15) is 0 Å². The molecule has 0 aromatic rings. The highest BCUT2D eigenvalue weighted by molar-refractivity contribution is 5.11. The lowest BCUT2D eigenvalue weighted by atomic mass is 9.82. The molecule has 2 aliphatic carbocycles. The maximum atomic E-state index is 10.2. The fraction of sp³-hybridized carbons (Fsp3) is 0.833. The molecule has 2 rings (SSSR count). The molecule has 1 nitrogen and oxygen atoms in total. The van der Waals surface area contributed by atoms with Gasteiger partial charge in [-0.1, -0.05) is 18.6 Å². The lowest BCUT2D eigenvalue weighted by molar-refractivity contribution is 0.0109. The van der Waals surface area contributed by atoms with E-state index < -0.39 is 5.60 Å². The molecule has 74 valence electrons. The van der Waals surface area contributed by atoms with Gasteiger partial charge in [-0.3, -0.25) is 0 Å². The molecule has 3 atom stereocenters. The van der Waals surface area contributed by atoms with Gasteiger partial charge in [-0.05, 0) is 50.9 Å². The first-order valence-electron chi connectivity index (χ1n) is 5.51. The fourth-order valence-corrected chi connectivity index (χ4v) is 3.17. The standard InChI is InChI=1S/C12H20O/c1-9-5-3-4-6-11-10(9)7-8-12(11,2)13/h10-11,13H,1,3-8H2,2H3. The third-order valence-electron chi connectivity index (χ3n) is 4.03. The van der Waals surface area contributed by atoms with Crippen molar-refractivity contribution in [3.63, 3.8) is 0 Å². The van der Waals surface area contributed by atoms with Gasteiger partial charge in [0.25, 0.3) is 0 Å². The van der Waals surface area contributed by atoms with Crippen molar-refractivity contribution in [2.75, 3.05) is 0 Å². The van der Waals surface area contributed by atoms with E-state index in [0.29, 0.717) is 11.8 Å². The van der Waals surface area contributed by atoms with Crippen molar-refractivity contribution in [3.8, 4) is 0 Å². The Balaban J connectivity index is 2.20. The van der Waals surface area contributed by atoms with Crippen LogP contribution in [-0.2, 0) is 0 Å². The Morgan fingerprint density at radius 3 is 2.92 bits per heavy atom. The van der Waals surface area contributed by atoms with Crippen LogP contribution >= 0.6 is 0 Å². The number of allylic oxidation sites excluding steroid dienone is 1. The zero-order valence-electron chi connectivity index (χ0n) is 8.55. The van der Waals surface area contributed by atoms with Crippen molar-refractivity contribution in [1.29, 1.82) is 0 Å². The van der Waals surface area contributed by atoms with Gasteiger partial charge in [0, 0.05) is 0 Å². The molecule has 0 spiro atoms. The Bertz CT molecular complexity index is 217. The van der Waals surface area contributed by atoms with Crippen molar-refractivity contribution in [2.24, 2.45) is 11.8 Å². The van der Waals surface area contributed by atoms with E-state index in [9.17, 15) is 5.11 Å². The van der Waals surface area contributed by atoms with Crippen LogP contribution in [0.5, 0.6) is 0 Å². The van der Waals surface area contributed by atoms with Crippen molar-refractivity contribution in [3.05, 3.63) is 12.2 Å². The lowest BCUT2D eigenvalue weighted by Gasteiger charge is -2.28. The Morgan fingerprint density at radius 2 is 2.15 bits per heavy atom. The molecule has 0 aliphatic heterocycles. The molecule has 0 bridgehead atoms. The average Bonchev–Trinajstić information content (AvgIpc) is 2.26. The smallest absolute Gasteiger partial charge is 0.0653 e. The SMILES string of the molecule is C=C1CCCCC2C1CCC2(C)O. The molecular formula is C12H20O. The molecule has 0 amide bonds. The summed E-state index contributed by atoms with van der Waals surface area (Å²) in [4.78, 5) is 0. The zero-order valence-corrected chi connectivity index (χ0v) is 8.55. The number of rotatable bonds is 0. The summed E-state index contributed by atoms with van der Waals surface area (Å²) < 4.78 is 0. The van der Waals surface area contributed by atoms with E-state index in [0.717, 1.165) is 12.8 Å². The third kappa shape index (κ3) is 1.54. The Labute approximate surface area is 80.8 Å². The maximum absolute atomic E-state index is 10.2. The normalized spacial score (nSPS) is 45.8. The summed E-state index contributed by atoms with van der Waals surface area (Å²) in [5, 5.41) is 10.2. The van der Waals surface area contributed by atoms with Crippen LogP contribution in [0.4, 0.5) is 0 Å². The van der Waals surface area contributed by atoms with E-state index in [2.05, 4.69) is 6.58 Å². The Kier molecular flexibility index (Phi) is 2.23. The van der Waals surface area contributed by atoms with Crippen LogP contribution in [0.25, 0.3) is 0 Å². The first-order valence-corrected chi connectivity index (χ1v) is 5.51. The Hall–Kier alpha value is -0.300. The van der Waals surface area contributed by atoms with Crippen molar-refractivity contribution in [2.45, 2.75) is 51.0 Å². The lowest BCUT2D eigenvalue weighted by Crippen LogP contribution is -2.31. The van der Waals surface area contributed by atoms with E-state index in [4.69, 9.17) is 0 Å². The minimum Gasteiger partial charge on any atom is -0.390 e. The topological polar surface area (TPSA) is 20.2 Å². The number of hydrogen-bond acceptors (Lipinski definition) is 1. The van der Waals surface area contributed by atoms with E-state index in [1.165, 1.54) is 31.3 Å². The molecule has 0 aromatic carbocycles. The van der Waals surface area contributed by atoms with E-state index >= 15 is 0 Å². The van der Waals surface area contributed by atoms with Gasteiger partial charge >= 0.3 is 0 Å². The highest BCUT2D eigenvalue weighted by Gasteiger charge is 2.44. The minimum absolute atomic E-state index is 0.405. The van der Waals surface area contributed by atoms with Gasteiger partial charge in [0.2, 0.25) is 0 Å². The molecule has 2 saturated carbocycles. The second-order valence-electron chi connectivity index (χ2n) is 5.01. The van der Waals surface area contributed by atoms with Crippen molar-refractivity contribution < 1.29 is 5.11 Å². The quantitative estimate of drug-likeness (QED) is 0.568. The van der Waals surface area contributed by atoms with Crippen LogP contribution in [0.3, 0.4) is 0 Å². The molecule has 0 saturated heterocycles. The highest BCUT2D eigenvalue weighted by Crippen LogP contribution is 2.48. The average molecular weight is 180 g/mol. The predicted molar refractivity (Wildman–Crippen MR) is 54.4 cm³/mol. The molecule has 0 radical (unpaired) electrons. The number of aliphatic hydroxyl groups is 1. The third-order valence-corrected chi connectivity index (χ3v) is 4.03. The van der Waals surface area contributed by atoms with Crippen LogP contribution in [-0.4, -0.2) is 10.7 Å². The minimum atomic E-state index is -0.405. The summed E-state index contributed by atoms with van der Waals surface area (Å²) in [6.45, 7) is 6.18. The van der Waals surface area contributed by atoms with Crippen LogP contribution in [0.15, 0.2) is 12.2 Å². The van der Waals surface area contributed by atoms with Crippen LogP contribution < -0.4 is 0 Å². The monoisotopic (exact) mass is 180 g/mol. The second kappa shape index (κ2) is 3.13. The van der Waals surface area contributed by atoms with E-state index in [1.807, 2.05) is 6.92 Å². The molecule has 3 unspecified atom stereocenters. The van der Waals surface area contributed by atoms with Crippen molar-refractivity contribution in [1.82, 2.24) is 0 Å². The highest BCUT2D eigenvalue weighted by atomic mass is 16.3. The Morgan fingerprint density at radius 1 is 1.38 bits per heavy atom. The van der Waals surface area contributed by atoms with Crippen LogP contribution in [0.2, 0.25) is 0 Å². The van der Waals surface area contributed by atoms with Gasteiger partial charge in [0.05, 0.1) is 5.60 Å². The first-order chi connectivity index (χ1) is 6.11. The molecule has 13 heavy (non-hydrogen) atoms.